The van der Waals surface area contributed by atoms with Crippen molar-refractivity contribution in [2.75, 3.05) is 11.5 Å². The van der Waals surface area contributed by atoms with E-state index in [4.69, 9.17) is 11.5 Å². The standard InChI is InChI=1S/C6H8N2.C5H4OS/c7-5-3-1-2-4-6(5)8;6-4-5-2-1-3-7-5/h1-4H,7-8H2;1-4H. The van der Waals surface area contributed by atoms with Crippen molar-refractivity contribution in [3.63, 3.8) is 0 Å². The molecule has 4 N–H and O–H groups in total. The minimum absolute atomic E-state index is 0.646. The third-order valence-corrected chi connectivity index (χ3v) is 2.45. The van der Waals surface area contributed by atoms with Crippen LogP contribution in [0.15, 0.2) is 41.8 Å². The molecule has 0 bridgehead atoms. The van der Waals surface area contributed by atoms with E-state index in [0.717, 1.165) is 11.2 Å². The summed E-state index contributed by atoms with van der Waals surface area (Å²) in [6, 6.07) is 10.9. The van der Waals surface area contributed by atoms with Gasteiger partial charge in [0.15, 0.2) is 6.29 Å². The monoisotopic (exact) mass is 220 g/mol. The zero-order chi connectivity index (χ0) is 11.1. The molecule has 0 fully saturated rings. The molecular formula is C11H12N2OS. The molecule has 0 aliphatic rings. The average Bonchev–Trinajstić information content (AvgIpc) is 2.76. The maximum Gasteiger partial charge on any atom is 0.159 e. The van der Waals surface area contributed by atoms with Crippen molar-refractivity contribution in [2.24, 2.45) is 0 Å². The number of carbonyl (C=O) groups excluding carboxylic acids is 1. The molecule has 3 nitrogen and oxygen atoms in total. The van der Waals surface area contributed by atoms with Crippen LogP contribution in [0, 0.1) is 0 Å². The predicted octanol–water partition coefficient (Wildman–Crippen LogP) is 2.41. The van der Waals surface area contributed by atoms with Crippen LogP contribution in [0.3, 0.4) is 0 Å². The smallest absolute Gasteiger partial charge is 0.159 e. The van der Waals surface area contributed by atoms with Gasteiger partial charge in [-0.05, 0) is 23.6 Å². The first-order valence-corrected chi connectivity index (χ1v) is 5.20. The molecule has 0 atom stereocenters. The number of para-hydroxylation sites is 2. The lowest BCUT2D eigenvalue weighted by atomic mass is 10.3. The van der Waals surface area contributed by atoms with Crippen molar-refractivity contribution in [1.29, 1.82) is 0 Å². The Kier molecular flexibility index (Phi) is 4.37. The molecule has 1 aromatic heterocycles. The van der Waals surface area contributed by atoms with Gasteiger partial charge in [-0.3, -0.25) is 4.79 Å². The zero-order valence-corrected chi connectivity index (χ0v) is 8.91. The van der Waals surface area contributed by atoms with E-state index in [2.05, 4.69) is 0 Å². The summed E-state index contributed by atoms with van der Waals surface area (Å²) in [4.78, 5) is 10.7. The predicted molar refractivity (Wildman–Crippen MR) is 65.0 cm³/mol. The Morgan fingerprint density at radius 1 is 1.00 bits per heavy atom. The molecule has 1 heterocycles. The topological polar surface area (TPSA) is 69.1 Å². The molecule has 0 aliphatic carbocycles. The largest absolute Gasteiger partial charge is 0.397 e. The molecule has 2 aromatic rings. The third-order valence-electron chi connectivity index (χ3n) is 1.66. The molecule has 1 aromatic carbocycles. The summed E-state index contributed by atoms with van der Waals surface area (Å²) in [5, 5.41) is 1.88. The summed E-state index contributed by atoms with van der Waals surface area (Å²) < 4.78 is 0. The Morgan fingerprint density at radius 3 is 1.87 bits per heavy atom. The number of thiophene rings is 1. The Bertz CT molecular complexity index is 391. The van der Waals surface area contributed by atoms with E-state index in [1.54, 1.807) is 18.2 Å². The normalized spacial score (nSPS) is 8.80. The van der Waals surface area contributed by atoms with Crippen LogP contribution < -0.4 is 11.5 Å². The molecule has 0 saturated carbocycles. The van der Waals surface area contributed by atoms with Gasteiger partial charge in [0.05, 0.1) is 16.3 Å². The Labute approximate surface area is 92.3 Å². The van der Waals surface area contributed by atoms with Crippen LogP contribution in [0.4, 0.5) is 11.4 Å². The van der Waals surface area contributed by atoms with Crippen molar-refractivity contribution in [1.82, 2.24) is 0 Å². The molecule has 2 rings (SSSR count). The summed E-state index contributed by atoms with van der Waals surface area (Å²) in [5.74, 6) is 0. The summed E-state index contributed by atoms with van der Waals surface area (Å²) in [5.41, 5.74) is 12.1. The first-order valence-electron chi connectivity index (χ1n) is 4.32. The Morgan fingerprint density at radius 2 is 1.60 bits per heavy atom. The van der Waals surface area contributed by atoms with E-state index in [9.17, 15) is 4.79 Å². The number of hydrogen-bond acceptors (Lipinski definition) is 4. The van der Waals surface area contributed by atoms with Crippen LogP contribution in [0.1, 0.15) is 9.67 Å². The molecular weight excluding hydrogens is 208 g/mol. The summed E-state index contributed by atoms with van der Waals surface area (Å²) in [6.07, 6.45) is 0.852. The van der Waals surface area contributed by atoms with E-state index in [1.165, 1.54) is 11.3 Å². The highest BCUT2D eigenvalue weighted by molar-refractivity contribution is 7.11. The first-order chi connectivity index (χ1) is 7.24. The van der Waals surface area contributed by atoms with Crippen LogP contribution in [-0.4, -0.2) is 6.29 Å². The summed E-state index contributed by atoms with van der Waals surface area (Å²) in [7, 11) is 0. The highest BCUT2D eigenvalue weighted by Crippen LogP contribution is 2.10. The molecule has 15 heavy (non-hydrogen) atoms. The third kappa shape index (κ3) is 3.83. The number of carbonyl (C=O) groups is 1. The quantitative estimate of drug-likeness (QED) is 0.572. The fraction of sp³-hybridized carbons (Fsp3) is 0. The van der Waals surface area contributed by atoms with Gasteiger partial charge in [-0.15, -0.1) is 11.3 Å². The minimum Gasteiger partial charge on any atom is -0.397 e. The summed E-state index contributed by atoms with van der Waals surface area (Å²) in [6.45, 7) is 0. The fourth-order valence-corrected chi connectivity index (χ4v) is 1.40. The highest BCUT2D eigenvalue weighted by Gasteiger charge is 1.85. The first kappa shape index (κ1) is 11.3. The lowest BCUT2D eigenvalue weighted by Gasteiger charge is -1.94. The van der Waals surface area contributed by atoms with Gasteiger partial charge in [-0.2, -0.15) is 0 Å². The summed E-state index contributed by atoms with van der Waals surface area (Å²) >= 11 is 1.45. The molecule has 0 aliphatic heterocycles. The van der Waals surface area contributed by atoms with Crippen molar-refractivity contribution in [3.8, 4) is 0 Å². The lowest BCUT2D eigenvalue weighted by Crippen LogP contribution is -1.91. The van der Waals surface area contributed by atoms with Gasteiger partial charge in [-0.1, -0.05) is 18.2 Å². The maximum atomic E-state index is 9.88. The molecule has 0 amide bonds. The molecule has 0 unspecified atom stereocenters. The lowest BCUT2D eigenvalue weighted by molar-refractivity contribution is 0.112. The van der Waals surface area contributed by atoms with Crippen LogP contribution in [-0.2, 0) is 0 Å². The second-order valence-corrected chi connectivity index (χ2v) is 3.74. The van der Waals surface area contributed by atoms with Gasteiger partial charge in [0.2, 0.25) is 0 Å². The Balaban J connectivity index is 0.000000151. The second-order valence-electron chi connectivity index (χ2n) is 2.76. The fourth-order valence-electron chi connectivity index (χ4n) is 0.869. The number of nitrogens with two attached hydrogens (primary N) is 2. The van der Waals surface area contributed by atoms with Gasteiger partial charge < -0.3 is 11.5 Å². The van der Waals surface area contributed by atoms with Gasteiger partial charge >= 0.3 is 0 Å². The van der Waals surface area contributed by atoms with Crippen molar-refractivity contribution in [2.45, 2.75) is 0 Å². The molecule has 4 heteroatoms. The molecule has 0 saturated heterocycles. The average molecular weight is 220 g/mol. The SMILES string of the molecule is Nc1ccccc1N.O=Cc1cccs1. The number of hydrogen-bond donors (Lipinski definition) is 2. The maximum absolute atomic E-state index is 9.88. The number of benzene rings is 1. The number of nitrogen functional groups attached to an aromatic ring is 2. The van der Waals surface area contributed by atoms with Gasteiger partial charge in [0, 0.05) is 0 Å². The Hall–Kier alpha value is -1.81. The number of rotatable bonds is 1. The van der Waals surface area contributed by atoms with Gasteiger partial charge in [0.1, 0.15) is 0 Å². The van der Waals surface area contributed by atoms with E-state index in [0.29, 0.717) is 11.4 Å². The number of anilines is 2. The van der Waals surface area contributed by atoms with Crippen LogP contribution in [0.25, 0.3) is 0 Å². The van der Waals surface area contributed by atoms with Crippen LogP contribution in [0.2, 0.25) is 0 Å². The van der Waals surface area contributed by atoms with E-state index >= 15 is 0 Å². The van der Waals surface area contributed by atoms with Crippen LogP contribution >= 0.6 is 11.3 Å². The van der Waals surface area contributed by atoms with E-state index in [1.807, 2.05) is 23.6 Å². The van der Waals surface area contributed by atoms with Crippen molar-refractivity contribution >= 4 is 29.0 Å². The van der Waals surface area contributed by atoms with Gasteiger partial charge in [-0.25, -0.2) is 0 Å². The van der Waals surface area contributed by atoms with Crippen molar-refractivity contribution < 1.29 is 4.79 Å². The minimum atomic E-state index is 0.646. The van der Waals surface area contributed by atoms with E-state index < -0.39 is 0 Å². The molecule has 0 spiro atoms. The van der Waals surface area contributed by atoms with E-state index in [-0.39, 0.29) is 0 Å². The number of aldehydes is 1. The zero-order valence-electron chi connectivity index (χ0n) is 8.09. The van der Waals surface area contributed by atoms with Crippen LogP contribution in [0.5, 0.6) is 0 Å². The highest BCUT2D eigenvalue weighted by atomic mass is 32.1. The molecule has 78 valence electrons. The van der Waals surface area contributed by atoms with Gasteiger partial charge in [0.25, 0.3) is 0 Å². The second kappa shape index (κ2) is 5.82. The van der Waals surface area contributed by atoms with Crippen molar-refractivity contribution in [3.05, 3.63) is 46.7 Å². The molecule has 0 radical (unpaired) electrons.